The van der Waals surface area contributed by atoms with E-state index < -0.39 is 0 Å². The lowest BCUT2D eigenvalue weighted by molar-refractivity contribution is 0.135. The number of hydrogen-bond donors (Lipinski definition) is 0. The van der Waals surface area contributed by atoms with E-state index in [1.165, 1.54) is 251 Å². The minimum absolute atomic E-state index is 0.638. The standard InChI is InChI=1S/C45H90N2/c1-4-7-10-13-16-19-21-23-24-25-26-27-29-31-34-37-40-45-46(41-38-35-32-18-15-12-9-6-3)43-44-47(45)42-39-36-33-30-28-22-20-17-14-11-8-5-2/h43-45H,4-42H2,1-3H3. The summed E-state index contributed by atoms with van der Waals surface area (Å²) in [7, 11) is 0. The summed E-state index contributed by atoms with van der Waals surface area (Å²) in [5.74, 6) is 0. The van der Waals surface area contributed by atoms with E-state index in [0.29, 0.717) is 6.17 Å². The second-order valence-electron chi connectivity index (χ2n) is 15.7. The van der Waals surface area contributed by atoms with Crippen molar-refractivity contribution in [3.05, 3.63) is 12.4 Å². The summed E-state index contributed by atoms with van der Waals surface area (Å²) in [6.45, 7) is 9.49. The fraction of sp³-hybridized carbons (Fsp3) is 0.956. The Hall–Kier alpha value is -0.660. The Morgan fingerprint density at radius 3 is 0.745 bits per heavy atom. The lowest BCUT2D eigenvalue weighted by Gasteiger charge is -2.33. The number of rotatable bonds is 39. The van der Waals surface area contributed by atoms with Crippen molar-refractivity contribution >= 4 is 0 Å². The molecule has 1 rings (SSSR count). The van der Waals surface area contributed by atoms with Crippen molar-refractivity contribution < 1.29 is 0 Å². The molecular weight excluding hydrogens is 569 g/mol. The van der Waals surface area contributed by atoms with E-state index in [4.69, 9.17) is 0 Å². The second-order valence-corrected chi connectivity index (χ2v) is 15.7. The maximum Gasteiger partial charge on any atom is 0.101 e. The third kappa shape index (κ3) is 28.8. The second kappa shape index (κ2) is 36.6. The Morgan fingerprint density at radius 1 is 0.277 bits per heavy atom. The highest BCUT2D eigenvalue weighted by atomic mass is 15.4. The van der Waals surface area contributed by atoms with Gasteiger partial charge in [0.2, 0.25) is 0 Å². The molecule has 0 fully saturated rings. The Kier molecular flexibility index (Phi) is 34.6. The van der Waals surface area contributed by atoms with E-state index in [-0.39, 0.29) is 0 Å². The molecule has 2 heteroatoms. The van der Waals surface area contributed by atoms with Crippen molar-refractivity contribution in [3.63, 3.8) is 0 Å². The average Bonchev–Trinajstić information content (AvgIpc) is 3.47. The van der Waals surface area contributed by atoms with Crippen LogP contribution >= 0.6 is 0 Å². The van der Waals surface area contributed by atoms with E-state index in [1.807, 2.05) is 0 Å². The van der Waals surface area contributed by atoms with E-state index in [2.05, 4.69) is 43.0 Å². The molecule has 1 atom stereocenters. The molecule has 0 aromatic rings. The highest BCUT2D eigenvalue weighted by Gasteiger charge is 2.24. The zero-order valence-electron chi connectivity index (χ0n) is 33.2. The topological polar surface area (TPSA) is 6.48 Å². The lowest BCUT2D eigenvalue weighted by atomic mass is 10.0. The SMILES string of the molecule is CCCCCCCCCCCCCCCCCCC1N(CCCCCCCCCC)C=CN1CCCCCCCCCCCCCC. The average molecular weight is 659 g/mol. The van der Waals surface area contributed by atoms with Gasteiger partial charge >= 0.3 is 0 Å². The predicted octanol–water partition coefficient (Wildman–Crippen LogP) is 15.9. The van der Waals surface area contributed by atoms with E-state index in [1.54, 1.807) is 0 Å². The van der Waals surface area contributed by atoms with Gasteiger partial charge in [-0.1, -0.05) is 233 Å². The third-order valence-electron chi connectivity index (χ3n) is 11.1. The fourth-order valence-electron chi connectivity index (χ4n) is 7.78. The van der Waals surface area contributed by atoms with Crippen LogP contribution in [0.15, 0.2) is 12.4 Å². The highest BCUT2D eigenvalue weighted by molar-refractivity contribution is 4.97. The molecule has 0 aromatic heterocycles. The van der Waals surface area contributed by atoms with Crippen molar-refractivity contribution in [2.75, 3.05) is 13.1 Å². The molecule has 0 bridgehead atoms. The van der Waals surface area contributed by atoms with E-state index >= 15 is 0 Å². The normalized spacial score (nSPS) is 14.7. The molecule has 0 N–H and O–H groups in total. The van der Waals surface area contributed by atoms with Crippen LogP contribution in [0.25, 0.3) is 0 Å². The molecule has 2 nitrogen and oxygen atoms in total. The predicted molar refractivity (Wildman–Crippen MR) is 214 cm³/mol. The Bertz CT molecular complexity index is 615. The maximum atomic E-state index is 2.73. The first-order valence-corrected chi connectivity index (χ1v) is 22.5. The van der Waals surface area contributed by atoms with Crippen LogP contribution in [0.4, 0.5) is 0 Å². The summed E-state index contributed by atoms with van der Waals surface area (Å²) in [6.07, 6.45) is 58.9. The number of nitrogens with zero attached hydrogens (tertiary/aromatic N) is 2. The molecule has 1 aliphatic rings. The minimum atomic E-state index is 0.638. The quantitative estimate of drug-likeness (QED) is 0.0606. The largest absolute Gasteiger partial charge is 0.356 e. The van der Waals surface area contributed by atoms with Gasteiger partial charge in [0, 0.05) is 25.5 Å². The van der Waals surface area contributed by atoms with Crippen LogP contribution in [0.3, 0.4) is 0 Å². The maximum absolute atomic E-state index is 2.73. The van der Waals surface area contributed by atoms with Crippen molar-refractivity contribution in [2.24, 2.45) is 0 Å². The van der Waals surface area contributed by atoms with Crippen LogP contribution in [0, 0.1) is 0 Å². The molecule has 47 heavy (non-hydrogen) atoms. The van der Waals surface area contributed by atoms with Gasteiger partial charge in [-0.3, -0.25) is 0 Å². The molecule has 1 unspecified atom stereocenters. The summed E-state index contributed by atoms with van der Waals surface area (Å²) in [4.78, 5) is 5.45. The van der Waals surface area contributed by atoms with Crippen LogP contribution in [0.5, 0.6) is 0 Å². The summed E-state index contributed by atoms with van der Waals surface area (Å²) >= 11 is 0. The molecule has 0 saturated heterocycles. The van der Waals surface area contributed by atoms with Crippen LogP contribution in [-0.2, 0) is 0 Å². The molecule has 0 aromatic carbocycles. The molecular formula is C45H90N2. The lowest BCUT2D eigenvalue weighted by Crippen LogP contribution is -2.39. The zero-order chi connectivity index (χ0) is 33.7. The molecule has 1 aliphatic heterocycles. The summed E-state index contributed by atoms with van der Waals surface area (Å²) in [5.41, 5.74) is 0. The van der Waals surface area contributed by atoms with Crippen molar-refractivity contribution in [1.82, 2.24) is 9.80 Å². The third-order valence-corrected chi connectivity index (χ3v) is 11.1. The van der Waals surface area contributed by atoms with Crippen molar-refractivity contribution in [3.8, 4) is 0 Å². The van der Waals surface area contributed by atoms with Gasteiger partial charge in [0.05, 0.1) is 0 Å². The van der Waals surface area contributed by atoms with E-state index in [0.717, 1.165) is 0 Å². The highest BCUT2D eigenvalue weighted by Crippen LogP contribution is 2.24. The van der Waals surface area contributed by atoms with Gasteiger partial charge in [0.1, 0.15) is 6.17 Å². The van der Waals surface area contributed by atoms with Gasteiger partial charge in [-0.25, -0.2) is 0 Å². The van der Waals surface area contributed by atoms with Crippen LogP contribution in [-0.4, -0.2) is 29.1 Å². The molecule has 0 spiro atoms. The van der Waals surface area contributed by atoms with Gasteiger partial charge in [-0.15, -0.1) is 0 Å². The Balaban J connectivity index is 2.18. The summed E-state index contributed by atoms with van der Waals surface area (Å²) < 4.78 is 0. The van der Waals surface area contributed by atoms with Gasteiger partial charge in [-0.05, 0) is 25.7 Å². The monoisotopic (exact) mass is 659 g/mol. The molecule has 0 amide bonds. The van der Waals surface area contributed by atoms with Crippen molar-refractivity contribution in [2.45, 2.75) is 265 Å². The summed E-state index contributed by atoms with van der Waals surface area (Å²) in [6, 6.07) is 0. The molecule has 0 saturated carbocycles. The molecule has 1 heterocycles. The number of hydrogen-bond acceptors (Lipinski definition) is 2. The Morgan fingerprint density at radius 2 is 0.489 bits per heavy atom. The van der Waals surface area contributed by atoms with Crippen LogP contribution in [0.1, 0.15) is 258 Å². The van der Waals surface area contributed by atoms with Gasteiger partial charge in [-0.2, -0.15) is 0 Å². The van der Waals surface area contributed by atoms with Crippen molar-refractivity contribution in [1.29, 1.82) is 0 Å². The van der Waals surface area contributed by atoms with Gasteiger partial charge < -0.3 is 9.80 Å². The molecule has 0 radical (unpaired) electrons. The minimum Gasteiger partial charge on any atom is -0.356 e. The van der Waals surface area contributed by atoms with E-state index in [9.17, 15) is 0 Å². The molecule has 0 aliphatic carbocycles. The fourth-order valence-corrected chi connectivity index (χ4v) is 7.78. The van der Waals surface area contributed by atoms with Crippen LogP contribution < -0.4 is 0 Å². The first-order valence-electron chi connectivity index (χ1n) is 22.5. The van der Waals surface area contributed by atoms with Gasteiger partial charge in [0.25, 0.3) is 0 Å². The Labute approximate surface area is 299 Å². The smallest absolute Gasteiger partial charge is 0.101 e. The zero-order valence-corrected chi connectivity index (χ0v) is 33.2. The first kappa shape index (κ1) is 44.4. The van der Waals surface area contributed by atoms with Crippen LogP contribution in [0.2, 0.25) is 0 Å². The van der Waals surface area contributed by atoms with Gasteiger partial charge in [0.15, 0.2) is 0 Å². The summed E-state index contributed by atoms with van der Waals surface area (Å²) in [5, 5.41) is 0. The first-order chi connectivity index (χ1) is 23.3. The molecule has 280 valence electrons. The number of unbranched alkanes of at least 4 members (excludes halogenated alkanes) is 33.